The Labute approximate surface area is 160 Å². The van der Waals surface area contributed by atoms with Crippen LogP contribution in [-0.4, -0.2) is 44.0 Å². The van der Waals surface area contributed by atoms with Gasteiger partial charge in [0.1, 0.15) is 0 Å². The van der Waals surface area contributed by atoms with Crippen molar-refractivity contribution in [3.63, 3.8) is 0 Å². The molecule has 28 heavy (non-hydrogen) atoms. The van der Waals surface area contributed by atoms with Crippen LogP contribution in [-0.2, 0) is 13.6 Å². The summed E-state index contributed by atoms with van der Waals surface area (Å²) in [5.74, 6) is -0.922. The monoisotopic (exact) mass is 388 g/mol. The summed E-state index contributed by atoms with van der Waals surface area (Å²) in [7, 11) is 1.75. The highest BCUT2D eigenvalue weighted by atomic mass is 19.1. The van der Waals surface area contributed by atoms with Crippen LogP contribution in [0.3, 0.4) is 0 Å². The van der Waals surface area contributed by atoms with Crippen molar-refractivity contribution in [2.75, 3.05) is 5.32 Å². The van der Waals surface area contributed by atoms with Crippen LogP contribution in [0.5, 0.6) is 0 Å². The number of carbonyl (C=O) groups excluding carboxylic acids is 1. The lowest BCUT2D eigenvalue weighted by molar-refractivity contribution is 0.0966. The lowest BCUT2D eigenvalue weighted by Crippen LogP contribution is -2.48. The topological polar surface area (TPSA) is 121 Å². The molecule has 0 aromatic carbocycles. The quantitative estimate of drug-likeness (QED) is 0.634. The highest BCUT2D eigenvalue weighted by Gasteiger charge is 2.33. The fraction of sp³-hybridized carbons (Fsp3) is 0.444. The number of pyridine rings is 1. The van der Waals surface area contributed by atoms with Crippen LogP contribution in [0.2, 0.25) is 0 Å². The molecule has 2 unspecified atom stereocenters. The number of anilines is 1. The summed E-state index contributed by atoms with van der Waals surface area (Å²) in [6, 6.07) is -0.612. The number of amides is 2. The van der Waals surface area contributed by atoms with E-state index in [1.165, 1.54) is 0 Å². The first-order valence-corrected chi connectivity index (χ1v) is 9.19. The highest BCUT2D eigenvalue weighted by molar-refractivity contribution is 6.04. The fourth-order valence-corrected chi connectivity index (χ4v) is 3.94. The van der Waals surface area contributed by atoms with E-state index >= 15 is 4.39 Å². The van der Waals surface area contributed by atoms with Crippen LogP contribution in [0.15, 0.2) is 12.4 Å². The van der Waals surface area contributed by atoms with Crippen molar-refractivity contribution in [1.29, 1.82) is 0 Å². The van der Waals surface area contributed by atoms with Crippen LogP contribution in [0.25, 0.3) is 11.3 Å². The van der Waals surface area contributed by atoms with Crippen molar-refractivity contribution in [3.05, 3.63) is 29.3 Å². The number of nitrogens with one attached hydrogen (secondary N) is 3. The van der Waals surface area contributed by atoms with Gasteiger partial charge in [-0.2, -0.15) is 5.10 Å². The second-order valence-electron chi connectivity index (χ2n) is 7.15. The molecule has 0 bridgehead atoms. The van der Waals surface area contributed by atoms with Gasteiger partial charge in [0.2, 0.25) is 0 Å². The first kappa shape index (κ1) is 18.2. The molecule has 0 spiro atoms. The van der Waals surface area contributed by atoms with Gasteiger partial charge < -0.3 is 21.1 Å². The van der Waals surface area contributed by atoms with Gasteiger partial charge in [-0.1, -0.05) is 12.8 Å². The van der Waals surface area contributed by atoms with Crippen LogP contribution >= 0.6 is 0 Å². The standard InChI is InChI=1S/C18H21FN6O3/c1-25-8-9(6-21-25)15-13-10(7-20-17(13)26)14(19)16(24-15)22-11-4-2-3-5-12(11)23-18(27)28/h6,8,11-12,23H,2-5,7H2,1H3,(H,20,26)(H,22,24)(H,27,28). The minimum atomic E-state index is -1.10. The zero-order chi connectivity index (χ0) is 19.8. The van der Waals surface area contributed by atoms with E-state index in [9.17, 15) is 9.59 Å². The van der Waals surface area contributed by atoms with Gasteiger partial charge in [0.05, 0.1) is 23.5 Å². The van der Waals surface area contributed by atoms with Gasteiger partial charge in [-0.05, 0) is 12.8 Å². The van der Waals surface area contributed by atoms with E-state index < -0.39 is 11.9 Å². The minimum Gasteiger partial charge on any atom is -0.465 e. The zero-order valence-corrected chi connectivity index (χ0v) is 15.3. The Morgan fingerprint density at radius 1 is 1.36 bits per heavy atom. The third-order valence-electron chi connectivity index (χ3n) is 5.26. The average Bonchev–Trinajstić information content (AvgIpc) is 3.25. The maximum atomic E-state index is 15.1. The third kappa shape index (κ3) is 3.25. The number of aromatic nitrogens is 3. The number of aryl methyl sites for hydroxylation is 1. The molecule has 0 radical (unpaired) electrons. The van der Waals surface area contributed by atoms with Crippen LogP contribution in [0.1, 0.15) is 41.6 Å². The molecule has 9 nitrogen and oxygen atoms in total. The highest BCUT2D eigenvalue weighted by Crippen LogP contribution is 2.33. The molecular weight excluding hydrogens is 367 g/mol. The Bertz CT molecular complexity index is 944. The maximum absolute atomic E-state index is 15.1. The van der Waals surface area contributed by atoms with E-state index in [4.69, 9.17) is 5.11 Å². The predicted octanol–water partition coefficient (Wildman–Crippen LogP) is 1.86. The summed E-state index contributed by atoms with van der Waals surface area (Å²) in [5.41, 5.74) is 1.46. The van der Waals surface area contributed by atoms with Crippen molar-refractivity contribution in [2.45, 2.75) is 44.3 Å². The summed E-state index contributed by atoms with van der Waals surface area (Å²) < 4.78 is 16.7. The van der Waals surface area contributed by atoms with Gasteiger partial charge in [-0.15, -0.1) is 0 Å². The van der Waals surface area contributed by atoms with Crippen LogP contribution in [0, 0.1) is 5.82 Å². The molecule has 2 aliphatic rings. The Balaban J connectivity index is 1.73. The number of carboxylic acid groups (broad SMARTS) is 1. The molecule has 148 valence electrons. The molecule has 2 aromatic rings. The summed E-state index contributed by atoms with van der Waals surface area (Å²) in [6.45, 7) is 0.0892. The lowest BCUT2D eigenvalue weighted by atomic mass is 9.90. The van der Waals surface area contributed by atoms with Gasteiger partial charge in [0.15, 0.2) is 11.6 Å². The van der Waals surface area contributed by atoms with Crippen molar-refractivity contribution >= 4 is 17.8 Å². The number of nitrogens with zero attached hydrogens (tertiary/aromatic N) is 3. The zero-order valence-electron chi connectivity index (χ0n) is 15.3. The second kappa shape index (κ2) is 7.10. The molecule has 2 aromatic heterocycles. The fourth-order valence-electron chi connectivity index (χ4n) is 3.94. The number of hydrogen-bond acceptors (Lipinski definition) is 5. The molecule has 10 heteroatoms. The Hall–Kier alpha value is -3.17. The number of hydrogen-bond donors (Lipinski definition) is 4. The van der Waals surface area contributed by atoms with E-state index in [2.05, 4.69) is 26.0 Å². The van der Waals surface area contributed by atoms with E-state index in [0.29, 0.717) is 24.1 Å². The van der Waals surface area contributed by atoms with E-state index in [1.807, 2.05) is 0 Å². The molecule has 1 saturated carbocycles. The number of halogens is 1. The SMILES string of the molecule is Cn1cc(-c2nc(NC3CCCCC3NC(=O)O)c(F)c3c2C(=O)NC3)cn1. The second-order valence-corrected chi connectivity index (χ2v) is 7.15. The van der Waals surface area contributed by atoms with Crippen molar-refractivity contribution in [2.24, 2.45) is 7.05 Å². The Kier molecular flexibility index (Phi) is 4.62. The molecule has 0 saturated heterocycles. The molecular formula is C18H21FN6O3. The number of fused-ring (bicyclic) bond motifs is 1. The first-order valence-electron chi connectivity index (χ1n) is 9.19. The van der Waals surface area contributed by atoms with Gasteiger partial charge in [-0.3, -0.25) is 9.48 Å². The molecule has 1 aliphatic carbocycles. The molecule has 1 fully saturated rings. The predicted molar refractivity (Wildman–Crippen MR) is 98.4 cm³/mol. The van der Waals surface area contributed by atoms with Gasteiger partial charge in [0, 0.05) is 37.0 Å². The van der Waals surface area contributed by atoms with Gasteiger partial charge in [0.25, 0.3) is 5.91 Å². The van der Waals surface area contributed by atoms with Crippen molar-refractivity contribution in [3.8, 4) is 11.3 Å². The third-order valence-corrected chi connectivity index (χ3v) is 5.26. The summed E-state index contributed by atoms with van der Waals surface area (Å²) >= 11 is 0. The maximum Gasteiger partial charge on any atom is 0.404 e. The summed E-state index contributed by atoms with van der Waals surface area (Å²) in [5, 5.41) is 21.4. The molecule has 4 N–H and O–H groups in total. The van der Waals surface area contributed by atoms with E-state index in [0.717, 1.165) is 12.8 Å². The molecule has 2 amide bonds. The molecule has 3 heterocycles. The Morgan fingerprint density at radius 3 is 2.79 bits per heavy atom. The smallest absolute Gasteiger partial charge is 0.404 e. The van der Waals surface area contributed by atoms with Crippen molar-refractivity contribution < 1.29 is 19.1 Å². The van der Waals surface area contributed by atoms with Gasteiger partial charge >= 0.3 is 6.09 Å². The van der Waals surface area contributed by atoms with Crippen LogP contribution in [0.4, 0.5) is 15.0 Å². The average molecular weight is 388 g/mol. The van der Waals surface area contributed by atoms with Crippen LogP contribution < -0.4 is 16.0 Å². The van der Waals surface area contributed by atoms with Gasteiger partial charge in [-0.25, -0.2) is 14.2 Å². The van der Waals surface area contributed by atoms with Crippen molar-refractivity contribution in [1.82, 2.24) is 25.4 Å². The largest absolute Gasteiger partial charge is 0.465 e. The lowest BCUT2D eigenvalue weighted by Gasteiger charge is -2.32. The molecule has 4 rings (SSSR count). The normalized spacial score (nSPS) is 21.1. The molecule has 1 aliphatic heterocycles. The summed E-state index contributed by atoms with van der Waals surface area (Å²) in [4.78, 5) is 27.7. The molecule has 2 atom stereocenters. The minimum absolute atomic E-state index is 0.0261. The number of rotatable bonds is 4. The van der Waals surface area contributed by atoms with E-state index in [-0.39, 0.29) is 41.5 Å². The van der Waals surface area contributed by atoms with E-state index in [1.54, 1.807) is 24.1 Å². The Morgan fingerprint density at radius 2 is 2.11 bits per heavy atom. The number of carbonyl (C=O) groups is 2. The summed E-state index contributed by atoms with van der Waals surface area (Å²) in [6.07, 6.45) is 5.37. The first-order chi connectivity index (χ1) is 13.4.